The largest absolute Gasteiger partial charge is 0.438 e. The lowest BCUT2D eigenvalue weighted by atomic mass is 10.0. The topological polar surface area (TPSA) is 138 Å². The zero-order valence-corrected chi connectivity index (χ0v) is 31.6. The molecule has 2 N–H and O–H groups in total. The molecule has 1 aromatic heterocycles. The molecular weight excluding hydrogens is 783 g/mol. The van der Waals surface area contributed by atoms with E-state index in [4.69, 9.17) is 32.4 Å². The number of hydrogen-bond donors (Lipinski definition) is 2. The third-order valence-electron chi connectivity index (χ3n) is 9.16. The molecule has 0 unspecified atom stereocenters. The first-order chi connectivity index (χ1) is 26.3. The van der Waals surface area contributed by atoms with E-state index in [0.29, 0.717) is 77.0 Å². The number of anilines is 1. The number of halogens is 2. The van der Waals surface area contributed by atoms with Crippen molar-refractivity contribution in [3.05, 3.63) is 154 Å². The second-order valence-electron chi connectivity index (χ2n) is 12.6. The Hall–Kier alpha value is -5.47. The number of ether oxygens (including phenoxy) is 1. The molecule has 0 bridgehead atoms. The van der Waals surface area contributed by atoms with Crippen LogP contribution in [-0.2, 0) is 26.8 Å². The number of oxazole rings is 1. The van der Waals surface area contributed by atoms with Gasteiger partial charge in [0.1, 0.15) is 15.9 Å². The van der Waals surface area contributed by atoms with Gasteiger partial charge < -0.3 is 14.1 Å². The number of aromatic nitrogens is 1. The van der Waals surface area contributed by atoms with Gasteiger partial charge in [-0.2, -0.15) is 21.4 Å². The summed E-state index contributed by atoms with van der Waals surface area (Å²) in [5, 5.41) is 3.09. The van der Waals surface area contributed by atoms with E-state index in [9.17, 15) is 25.9 Å². The molecule has 0 radical (unpaired) electrons. The van der Waals surface area contributed by atoms with Crippen LogP contribution in [0.25, 0.3) is 50.9 Å². The molecule has 0 saturated heterocycles. The first-order valence-electron chi connectivity index (χ1n) is 16.8. The predicted molar refractivity (Wildman–Crippen MR) is 214 cm³/mol. The lowest BCUT2D eigenvalue weighted by molar-refractivity contribution is -0.667. The van der Waals surface area contributed by atoms with Gasteiger partial charge in [-0.15, -0.1) is 0 Å². The van der Waals surface area contributed by atoms with Crippen molar-refractivity contribution in [1.82, 2.24) is 0 Å². The highest BCUT2D eigenvalue weighted by Crippen LogP contribution is 2.41. The van der Waals surface area contributed by atoms with Crippen LogP contribution in [-0.4, -0.2) is 32.5 Å². The van der Waals surface area contributed by atoms with E-state index >= 15 is 0 Å². The van der Waals surface area contributed by atoms with Crippen LogP contribution in [0.3, 0.4) is 0 Å². The Balaban J connectivity index is 1.18. The summed E-state index contributed by atoms with van der Waals surface area (Å²) in [7, 11) is -8.97. The van der Waals surface area contributed by atoms with Gasteiger partial charge in [-0.3, -0.25) is 9.11 Å². The molecule has 0 spiro atoms. The van der Waals surface area contributed by atoms with E-state index in [-0.39, 0.29) is 22.9 Å². The number of nitrogens with zero attached hydrogens (tertiary/aromatic N) is 2. The minimum atomic E-state index is -4.49. The summed E-state index contributed by atoms with van der Waals surface area (Å²) in [5.41, 5.74) is 3.12. The van der Waals surface area contributed by atoms with Crippen molar-refractivity contribution in [2.45, 2.75) is 16.3 Å². The Bertz CT molecular complexity index is 3000. The Morgan fingerprint density at radius 2 is 1.25 bits per heavy atom. The van der Waals surface area contributed by atoms with Crippen LogP contribution in [0, 0.1) is 0 Å². The monoisotopic (exact) mass is 811 g/mol. The summed E-state index contributed by atoms with van der Waals surface area (Å²) in [6.45, 7) is 0.541. The van der Waals surface area contributed by atoms with Gasteiger partial charge in [-0.25, -0.2) is 0 Å². The van der Waals surface area contributed by atoms with E-state index in [0.717, 1.165) is 0 Å². The van der Waals surface area contributed by atoms with Crippen LogP contribution in [0.15, 0.2) is 141 Å². The number of hydrogen-bond acceptors (Lipinski definition) is 7. The molecule has 0 atom stereocenters. The van der Waals surface area contributed by atoms with Crippen molar-refractivity contribution in [2.75, 3.05) is 11.4 Å². The van der Waals surface area contributed by atoms with E-state index in [1.54, 1.807) is 103 Å². The first-order valence-corrected chi connectivity index (χ1v) is 20.4. The van der Waals surface area contributed by atoms with Gasteiger partial charge in [0.25, 0.3) is 25.8 Å². The summed E-state index contributed by atoms with van der Waals surface area (Å²) < 4.78 is 83.5. The number of benzene rings is 6. The molecule has 14 heteroatoms. The summed E-state index contributed by atoms with van der Waals surface area (Å²) in [4.78, 5) is 1.52. The predicted octanol–water partition coefficient (Wildman–Crippen LogP) is 9.45. The molecule has 0 saturated carbocycles. The molecule has 8 rings (SSSR count). The molecule has 10 nitrogen and oxygen atoms in total. The highest BCUT2D eigenvalue weighted by atomic mass is 35.5. The minimum Gasteiger partial charge on any atom is -0.438 e. The molecule has 0 amide bonds. The zero-order valence-electron chi connectivity index (χ0n) is 28.5. The molecule has 6 aromatic carbocycles. The summed E-state index contributed by atoms with van der Waals surface area (Å²) in [5.74, 6) is 1.38. The third-order valence-corrected chi connectivity index (χ3v) is 11.4. The normalized spacial score (nSPS) is 14.3. The fourth-order valence-corrected chi connectivity index (χ4v) is 8.61. The van der Waals surface area contributed by atoms with Crippen LogP contribution in [0.5, 0.6) is 5.75 Å². The summed E-state index contributed by atoms with van der Waals surface area (Å²) >= 11 is 12.9. The van der Waals surface area contributed by atoms with E-state index in [2.05, 4.69) is 0 Å². The van der Waals surface area contributed by atoms with Crippen molar-refractivity contribution < 1.29 is 39.7 Å². The molecule has 0 aliphatic carbocycles. The smallest absolute Gasteiger partial charge is 0.379 e. The average molecular weight is 813 g/mol. The van der Waals surface area contributed by atoms with Crippen molar-refractivity contribution in [3.63, 3.8) is 0 Å². The van der Waals surface area contributed by atoms with Crippen molar-refractivity contribution in [2.24, 2.45) is 0 Å². The van der Waals surface area contributed by atoms with Gasteiger partial charge in [-0.1, -0.05) is 102 Å². The van der Waals surface area contributed by atoms with Crippen molar-refractivity contribution in [1.29, 1.82) is 0 Å². The van der Waals surface area contributed by atoms with E-state index in [1.807, 2.05) is 33.8 Å². The Morgan fingerprint density at radius 1 is 0.691 bits per heavy atom. The molecule has 276 valence electrons. The molecule has 55 heavy (non-hydrogen) atoms. The maximum absolute atomic E-state index is 12.3. The Labute approximate surface area is 325 Å². The maximum atomic E-state index is 12.3. The molecule has 7 aromatic rings. The average Bonchev–Trinajstić information content (AvgIpc) is 3.66. The Morgan fingerprint density at radius 3 is 1.87 bits per heavy atom. The van der Waals surface area contributed by atoms with E-state index < -0.39 is 20.2 Å². The Kier molecular flexibility index (Phi) is 9.50. The van der Waals surface area contributed by atoms with E-state index in [1.165, 1.54) is 12.1 Å². The lowest BCUT2D eigenvalue weighted by Crippen LogP contribution is -2.35. The molecule has 1 aliphatic heterocycles. The lowest BCUT2D eigenvalue weighted by Gasteiger charge is -2.16. The second-order valence-corrected chi connectivity index (χ2v) is 16.3. The van der Waals surface area contributed by atoms with Gasteiger partial charge in [0.2, 0.25) is 11.5 Å². The fourth-order valence-electron chi connectivity index (χ4n) is 6.79. The van der Waals surface area contributed by atoms with Gasteiger partial charge in [-0.05, 0) is 70.4 Å². The van der Waals surface area contributed by atoms with Crippen LogP contribution < -0.4 is 14.2 Å². The molecule has 2 heterocycles. The standard InChI is InChI=1S/C41H28Cl2N2O8S2/c42-30-17-19-34-32(23-30)44(21-5-13-28-9-1-7-26-11-3-15-36(40(26)28)54(46,47)48)38(52-34)25-39-45(33-24-31(43)18-20-35(33)53-39)22-6-14-29-10-2-8-27-12-4-16-37(41(27)29)55(49,50)51/h1-20,23-25H,21-22H2,(H-,46,47,48,49,50,51)/p+1. The zero-order chi connectivity index (χ0) is 38.5. The number of allylic oxidation sites excluding steroid dienone is 1. The van der Waals surface area contributed by atoms with Gasteiger partial charge in [0, 0.05) is 33.4 Å². The first kappa shape index (κ1) is 36.5. The van der Waals surface area contributed by atoms with Gasteiger partial charge in [0.05, 0.1) is 5.69 Å². The van der Waals surface area contributed by atoms with Crippen LogP contribution in [0.1, 0.15) is 17.0 Å². The summed E-state index contributed by atoms with van der Waals surface area (Å²) in [6, 6.07) is 30.7. The number of fused-ring (bicyclic) bond motifs is 4. The van der Waals surface area contributed by atoms with Crippen LogP contribution in [0.2, 0.25) is 10.0 Å². The quantitative estimate of drug-likeness (QED) is 0.108. The highest BCUT2D eigenvalue weighted by molar-refractivity contribution is 7.86. The van der Waals surface area contributed by atoms with Gasteiger partial charge in [0.15, 0.2) is 12.3 Å². The fraction of sp³-hybridized carbons (Fsp3) is 0.0488. The number of rotatable bonds is 9. The molecule has 1 aliphatic rings. The second kappa shape index (κ2) is 14.3. The molecular formula is C41H29Cl2N2O8S2+. The maximum Gasteiger partial charge on any atom is 0.379 e. The minimum absolute atomic E-state index is 0.185. The summed E-state index contributed by atoms with van der Waals surface area (Å²) in [6.07, 6.45) is 9.01. The molecule has 0 fully saturated rings. The van der Waals surface area contributed by atoms with Gasteiger partial charge >= 0.3 is 5.89 Å². The highest BCUT2D eigenvalue weighted by Gasteiger charge is 2.30. The van der Waals surface area contributed by atoms with Crippen LogP contribution in [0.4, 0.5) is 5.69 Å². The SMILES string of the molecule is O=S(=O)(O)c1cccc2cccc(C=CCN3C(=Cc4oc5ccc(Cl)cc5[n+]4CC=Cc4cccc5cccc(S(=O)(=O)O)c45)Oc4ccc(Cl)cc43)c12. The van der Waals surface area contributed by atoms with Crippen molar-refractivity contribution in [3.8, 4) is 5.75 Å². The van der Waals surface area contributed by atoms with Crippen molar-refractivity contribution >= 4 is 100.0 Å². The third kappa shape index (κ3) is 7.23. The van der Waals surface area contributed by atoms with Crippen LogP contribution >= 0.6 is 23.2 Å².